The van der Waals surface area contributed by atoms with Crippen LogP contribution in [0.2, 0.25) is 0 Å². The van der Waals surface area contributed by atoms with Crippen LogP contribution in [0.15, 0.2) is 36.7 Å². The lowest BCUT2D eigenvalue weighted by atomic mass is 9.95. The molecule has 29 heavy (non-hydrogen) atoms. The first-order chi connectivity index (χ1) is 14.1. The number of carbonyl (C=O) groups excluding carboxylic acids is 1. The Labute approximate surface area is 171 Å². The van der Waals surface area contributed by atoms with Crippen LogP contribution in [0.4, 0.5) is 0 Å². The van der Waals surface area contributed by atoms with Gasteiger partial charge in [0.1, 0.15) is 6.33 Å². The molecule has 1 amide bonds. The van der Waals surface area contributed by atoms with Crippen molar-refractivity contribution in [2.45, 2.75) is 65.1 Å². The van der Waals surface area contributed by atoms with Gasteiger partial charge in [-0.2, -0.15) is 5.10 Å². The Morgan fingerprint density at radius 3 is 2.59 bits per heavy atom. The van der Waals surface area contributed by atoms with Crippen molar-refractivity contribution >= 4 is 5.91 Å². The summed E-state index contributed by atoms with van der Waals surface area (Å²) in [6.07, 6.45) is 7.92. The standard InChI is InChI=1S/C22H28N6O/c1-16-12-17(2)28(26-16)14-18-8-10-19(11-9-18)22(29)23-13-21-25-24-15-27(21)20-6-4-3-5-7-20/h8-12,15,20H,3-7,13-14H2,1-2H3,(H,23,29). The highest BCUT2D eigenvalue weighted by atomic mass is 16.1. The number of nitrogens with zero attached hydrogens (tertiary/aromatic N) is 5. The molecule has 1 aromatic carbocycles. The summed E-state index contributed by atoms with van der Waals surface area (Å²) in [6.45, 7) is 5.13. The molecule has 0 saturated heterocycles. The Morgan fingerprint density at radius 2 is 1.90 bits per heavy atom. The molecule has 0 radical (unpaired) electrons. The summed E-state index contributed by atoms with van der Waals surface area (Å²) < 4.78 is 4.11. The van der Waals surface area contributed by atoms with Gasteiger partial charge in [0, 0.05) is 17.3 Å². The van der Waals surface area contributed by atoms with Crippen molar-refractivity contribution in [2.75, 3.05) is 0 Å². The Bertz CT molecular complexity index is 966. The number of hydrogen-bond acceptors (Lipinski definition) is 4. The van der Waals surface area contributed by atoms with Gasteiger partial charge in [0.2, 0.25) is 0 Å². The topological polar surface area (TPSA) is 77.6 Å². The summed E-state index contributed by atoms with van der Waals surface area (Å²) in [7, 11) is 0. The van der Waals surface area contributed by atoms with Gasteiger partial charge in [-0.1, -0.05) is 31.4 Å². The van der Waals surface area contributed by atoms with Crippen LogP contribution in [0.5, 0.6) is 0 Å². The molecular weight excluding hydrogens is 364 g/mol. The Balaban J connectivity index is 1.36. The molecule has 0 bridgehead atoms. The molecule has 1 saturated carbocycles. The van der Waals surface area contributed by atoms with Gasteiger partial charge in [0.05, 0.1) is 18.8 Å². The van der Waals surface area contributed by atoms with E-state index in [0.717, 1.165) is 35.6 Å². The van der Waals surface area contributed by atoms with Gasteiger partial charge in [-0.3, -0.25) is 9.48 Å². The fourth-order valence-electron chi connectivity index (χ4n) is 4.09. The van der Waals surface area contributed by atoms with Crippen LogP contribution >= 0.6 is 0 Å². The molecule has 0 aliphatic heterocycles. The highest BCUT2D eigenvalue weighted by Crippen LogP contribution is 2.28. The van der Waals surface area contributed by atoms with Crippen molar-refractivity contribution in [1.29, 1.82) is 0 Å². The Kier molecular flexibility index (Phi) is 5.74. The van der Waals surface area contributed by atoms with Gasteiger partial charge in [-0.05, 0) is 50.5 Å². The third-order valence-electron chi connectivity index (χ3n) is 5.67. The molecule has 1 aliphatic carbocycles. The minimum atomic E-state index is -0.0964. The summed E-state index contributed by atoms with van der Waals surface area (Å²) >= 11 is 0. The molecule has 2 heterocycles. The van der Waals surface area contributed by atoms with Crippen LogP contribution in [0.1, 0.15) is 71.3 Å². The predicted molar refractivity (Wildman–Crippen MR) is 111 cm³/mol. The average molecular weight is 393 g/mol. The van der Waals surface area contributed by atoms with Crippen LogP contribution in [0, 0.1) is 13.8 Å². The number of amides is 1. The zero-order chi connectivity index (χ0) is 20.2. The van der Waals surface area contributed by atoms with Crippen LogP contribution < -0.4 is 5.32 Å². The summed E-state index contributed by atoms with van der Waals surface area (Å²) in [5.41, 5.74) is 3.90. The molecule has 1 fully saturated rings. The van der Waals surface area contributed by atoms with Gasteiger partial charge >= 0.3 is 0 Å². The van der Waals surface area contributed by atoms with E-state index >= 15 is 0 Å². The second-order valence-electron chi connectivity index (χ2n) is 7.91. The van der Waals surface area contributed by atoms with Crippen LogP contribution in [-0.4, -0.2) is 30.5 Å². The maximum absolute atomic E-state index is 12.6. The molecule has 4 rings (SSSR count). The molecule has 7 nitrogen and oxygen atoms in total. The minimum Gasteiger partial charge on any atom is -0.345 e. The summed E-state index contributed by atoms with van der Waals surface area (Å²) in [6, 6.07) is 10.2. The maximum atomic E-state index is 12.6. The fourth-order valence-corrected chi connectivity index (χ4v) is 4.09. The summed E-state index contributed by atoms with van der Waals surface area (Å²) in [4.78, 5) is 12.6. The number of aromatic nitrogens is 5. The van der Waals surface area contributed by atoms with Gasteiger partial charge in [0.15, 0.2) is 5.82 Å². The van der Waals surface area contributed by atoms with E-state index in [-0.39, 0.29) is 5.91 Å². The van der Waals surface area contributed by atoms with E-state index in [9.17, 15) is 4.79 Å². The van der Waals surface area contributed by atoms with E-state index in [4.69, 9.17) is 0 Å². The number of nitrogens with one attached hydrogen (secondary N) is 1. The lowest BCUT2D eigenvalue weighted by Gasteiger charge is -2.24. The van der Waals surface area contributed by atoms with E-state index in [1.165, 1.54) is 19.3 Å². The van der Waals surface area contributed by atoms with Gasteiger partial charge in [-0.15, -0.1) is 10.2 Å². The molecule has 0 unspecified atom stereocenters. The molecule has 0 spiro atoms. The number of benzene rings is 1. The lowest BCUT2D eigenvalue weighted by molar-refractivity contribution is 0.0949. The average Bonchev–Trinajstić information content (AvgIpc) is 3.33. The van der Waals surface area contributed by atoms with Gasteiger partial charge < -0.3 is 9.88 Å². The van der Waals surface area contributed by atoms with Gasteiger partial charge in [0.25, 0.3) is 5.91 Å². The molecule has 0 atom stereocenters. The van der Waals surface area contributed by atoms with Crippen LogP contribution in [-0.2, 0) is 13.1 Å². The van der Waals surface area contributed by atoms with Crippen molar-refractivity contribution in [3.05, 3.63) is 65.0 Å². The quantitative estimate of drug-likeness (QED) is 0.696. The number of carbonyl (C=O) groups is 1. The van der Waals surface area contributed by atoms with Crippen molar-refractivity contribution < 1.29 is 4.79 Å². The number of rotatable bonds is 6. The number of aryl methyl sites for hydroxylation is 2. The number of hydrogen-bond donors (Lipinski definition) is 1. The molecule has 1 aliphatic rings. The van der Waals surface area contributed by atoms with Crippen molar-refractivity contribution in [3.8, 4) is 0 Å². The first-order valence-electron chi connectivity index (χ1n) is 10.4. The maximum Gasteiger partial charge on any atom is 0.251 e. The van der Waals surface area contributed by atoms with Crippen molar-refractivity contribution in [2.24, 2.45) is 0 Å². The highest BCUT2D eigenvalue weighted by Gasteiger charge is 2.19. The Hall–Kier alpha value is -2.96. The highest BCUT2D eigenvalue weighted by molar-refractivity contribution is 5.94. The van der Waals surface area contributed by atoms with E-state index in [0.29, 0.717) is 24.7 Å². The first kappa shape index (κ1) is 19.4. The first-order valence-corrected chi connectivity index (χ1v) is 10.4. The van der Waals surface area contributed by atoms with Crippen LogP contribution in [0.25, 0.3) is 0 Å². The molecule has 152 valence electrons. The second kappa shape index (κ2) is 8.59. The lowest BCUT2D eigenvalue weighted by Crippen LogP contribution is -2.26. The third-order valence-corrected chi connectivity index (χ3v) is 5.67. The predicted octanol–water partition coefficient (Wildman–Crippen LogP) is 3.57. The SMILES string of the molecule is Cc1cc(C)n(Cc2ccc(C(=O)NCc3nncn3C3CCCCC3)cc2)n1. The van der Waals surface area contributed by atoms with Gasteiger partial charge in [-0.25, -0.2) is 0 Å². The normalized spacial score (nSPS) is 14.8. The molecule has 7 heteroatoms. The monoisotopic (exact) mass is 392 g/mol. The Morgan fingerprint density at radius 1 is 1.14 bits per heavy atom. The summed E-state index contributed by atoms with van der Waals surface area (Å²) in [5, 5.41) is 15.8. The van der Waals surface area contributed by atoms with Crippen LogP contribution in [0.3, 0.4) is 0 Å². The van der Waals surface area contributed by atoms with E-state index in [2.05, 4.69) is 31.2 Å². The van der Waals surface area contributed by atoms with E-state index < -0.39 is 0 Å². The smallest absolute Gasteiger partial charge is 0.251 e. The fraction of sp³-hybridized carbons (Fsp3) is 0.455. The molecular formula is C22H28N6O. The molecule has 2 aromatic heterocycles. The zero-order valence-electron chi connectivity index (χ0n) is 17.1. The van der Waals surface area contributed by atoms with E-state index in [1.807, 2.05) is 42.8 Å². The van der Waals surface area contributed by atoms with Crippen molar-refractivity contribution in [1.82, 2.24) is 29.9 Å². The minimum absolute atomic E-state index is 0.0964. The molecule has 3 aromatic rings. The zero-order valence-corrected chi connectivity index (χ0v) is 17.1. The largest absolute Gasteiger partial charge is 0.345 e. The summed E-state index contributed by atoms with van der Waals surface area (Å²) in [5.74, 6) is 0.729. The third kappa shape index (κ3) is 4.55. The van der Waals surface area contributed by atoms with E-state index in [1.54, 1.807) is 6.33 Å². The van der Waals surface area contributed by atoms with Crippen molar-refractivity contribution in [3.63, 3.8) is 0 Å². The second-order valence-corrected chi connectivity index (χ2v) is 7.91. The molecule has 1 N–H and O–H groups in total.